The van der Waals surface area contributed by atoms with Crippen LogP contribution in [0.1, 0.15) is 18.0 Å². The third-order valence-corrected chi connectivity index (χ3v) is 2.85. The number of carboxylic acid groups (broad SMARTS) is 1. The molecule has 2 rings (SSSR count). The van der Waals surface area contributed by atoms with E-state index >= 15 is 0 Å². The van der Waals surface area contributed by atoms with Crippen molar-refractivity contribution in [2.45, 2.75) is 19.0 Å². The van der Waals surface area contributed by atoms with Gasteiger partial charge < -0.3 is 10.4 Å². The minimum absolute atomic E-state index is 0.00961. The van der Waals surface area contributed by atoms with Gasteiger partial charge in [0, 0.05) is 12.4 Å². The number of carbonyl (C=O) groups excluding carboxylic acids is 1. The molecule has 0 aliphatic carbocycles. The van der Waals surface area contributed by atoms with Gasteiger partial charge in [-0.1, -0.05) is 12.1 Å². The van der Waals surface area contributed by atoms with Gasteiger partial charge in [-0.25, -0.2) is 4.39 Å². The van der Waals surface area contributed by atoms with Crippen LogP contribution in [0, 0.1) is 5.82 Å². The molecule has 2 aromatic rings. The van der Waals surface area contributed by atoms with E-state index in [0.717, 1.165) is 0 Å². The molecule has 0 saturated carbocycles. The summed E-state index contributed by atoms with van der Waals surface area (Å²) in [6.45, 7) is -0.00961. The quantitative estimate of drug-likeness (QED) is 0.841. The predicted molar refractivity (Wildman–Crippen MR) is 71.8 cm³/mol. The zero-order valence-electron chi connectivity index (χ0n) is 11.1. The third-order valence-electron chi connectivity index (χ3n) is 2.85. The van der Waals surface area contributed by atoms with Gasteiger partial charge in [-0.3, -0.25) is 14.3 Å². The molecule has 0 aliphatic rings. The molecular weight excluding hydrogens is 277 g/mol. The number of benzene rings is 1. The second-order valence-corrected chi connectivity index (χ2v) is 4.47. The van der Waals surface area contributed by atoms with Gasteiger partial charge in [-0.15, -0.1) is 0 Å². The normalized spacial score (nSPS) is 11.9. The molecule has 1 aromatic heterocycles. The average Bonchev–Trinajstić information content (AvgIpc) is 2.91. The Morgan fingerprint density at radius 3 is 2.62 bits per heavy atom. The van der Waals surface area contributed by atoms with Gasteiger partial charge in [-0.2, -0.15) is 5.10 Å². The number of hydrogen-bond acceptors (Lipinski definition) is 3. The van der Waals surface area contributed by atoms with E-state index in [4.69, 9.17) is 5.11 Å². The topological polar surface area (TPSA) is 84.2 Å². The van der Waals surface area contributed by atoms with Gasteiger partial charge >= 0.3 is 5.97 Å². The predicted octanol–water partition coefficient (Wildman–Crippen LogP) is 1.35. The van der Waals surface area contributed by atoms with Crippen LogP contribution < -0.4 is 5.32 Å². The Bertz CT molecular complexity index is 611. The van der Waals surface area contributed by atoms with Crippen molar-refractivity contribution < 1.29 is 19.1 Å². The van der Waals surface area contributed by atoms with Crippen molar-refractivity contribution in [1.29, 1.82) is 0 Å². The van der Waals surface area contributed by atoms with E-state index in [9.17, 15) is 14.0 Å². The van der Waals surface area contributed by atoms with Gasteiger partial charge in [0.2, 0.25) is 5.91 Å². The number of amides is 1. The van der Waals surface area contributed by atoms with Crippen molar-refractivity contribution in [3.05, 3.63) is 54.1 Å². The van der Waals surface area contributed by atoms with Crippen LogP contribution in [0.2, 0.25) is 0 Å². The maximum Gasteiger partial charge on any atom is 0.305 e. The molecule has 110 valence electrons. The third kappa shape index (κ3) is 4.41. The summed E-state index contributed by atoms with van der Waals surface area (Å²) >= 11 is 0. The Labute approximate surface area is 120 Å². The Kier molecular flexibility index (Phi) is 4.65. The van der Waals surface area contributed by atoms with Crippen molar-refractivity contribution in [2.75, 3.05) is 0 Å². The summed E-state index contributed by atoms with van der Waals surface area (Å²) in [7, 11) is 0. The Balaban J connectivity index is 2.07. The zero-order chi connectivity index (χ0) is 15.2. The summed E-state index contributed by atoms with van der Waals surface area (Å²) in [6.07, 6.45) is 2.89. The van der Waals surface area contributed by atoms with Crippen LogP contribution in [0.3, 0.4) is 0 Å². The molecule has 2 N–H and O–H groups in total. The number of nitrogens with one attached hydrogen (secondary N) is 1. The molecule has 21 heavy (non-hydrogen) atoms. The fourth-order valence-corrected chi connectivity index (χ4v) is 1.90. The molecule has 6 nitrogen and oxygen atoms in total. The van der Waals surface area contributed by atoms with Crippen LogP contribution in [0.4, 0.5) is 4.39 Å². The molecule has 1 aromatic carbocycles. The molecular formula is C14H14FN3O3. The van der Waals surface area contributed by atoms with Crippen molar-refractivity contribution in [3.8, 4) is 0 Å². The van der Waals surface area contributed by atoms with E-state index in [1.807, 2.05) is 0 Å². The smallest absolute Gasteiger partial charge is 0.305 e. The van der Waals surface area contributed by atoms with Crippen molar-refractivity contribution in [2.24, 2.45) is 0 Å². The van der Waals surface area contributed by atoms with Crippen LogP contribution in [0.25, 0.3) is 0 Å². The number of carboxylic acids is 1. The number of nitrogens with zero attached hydrogens (tertiary/aromatic N) is 2. The standard InChI is InChI=1S/C14H14FN3O3/c15-11-4-2-10(3-5-11)12(8-14(20)21)17-13(19)9-18-7-1-6-16-18/h1-7,12H,8-9H2,(H,17,19)(H,20,21)/t12-/m0/s1. The second-order valence-electron chi connectivity index (χ2n) is 4.47. The van der Waals surface area contributed by atoms with E-state index < -0.39 is 17.8 Å². The first-order valence-corrected chi connectivity index (χ1v) is 6.28. The largest absolute Gasteiger partial charge is 0.481 e. The van der Waals surface area contributed by atoms with E-state index in [1.54, 1.807) is 18.5 Å². The molecule has 7 heteroatoms. The lowest BCUT2D eigenvalue weighted by Gasteiger charge is -2.17. The summed E-state index contributed by atoms with van der Waals surface area (Å²) in [4.78, 5) is 22.8. The van der Waals surface area contributed by atoms with Crippen LogP contribution in [0.5, 0.6) is 0 Å². The van der Waals surface area contributed by atoms with Gasteiger partial charge in [0.25, 0.3) is 0 Å². The number of aromatic nitrogens is 2. The summed E-state index contributed by atoms with van der Waals surface area (Å²) in [6, 6.07) is 6.33. The van der Waals surface area contributed by atoms with Crippen LogP contribution in [-0.2, 0) is 16.1 Å². The van der Waals surface area contributed by atoms with E-state index in [0.29, 0.717) is 5.56 Å². The summed E-state index contributed by atoms with van der Waals surface area (Å²) in [5, 5.41) is 15.4. The molecule has 0 unspecified atom stereocenters. The number of hydrogen-bond donors (Lipinski definition) is 2. The second kappa shape index (κ2) is 6.65. The maximum atomic E-state index is 12.9. The molecule has 0 fully saturated rings. The highest BCUT2D eigenvalue weighted by atomic mass is 19.1. The minimum atomic E-state index is -1.05. The molecule has 0 saturated heterocycles. The Morgan fingerprint density at radius 2 is 2.05 bits per heavy atom. The van der Waals surface area contributed by atoms with Crippen molar-refractivity contribution >= 4 is 11.9 Å². The first kappa shape index (κ1) is 14.7. The molecule has 0 radical (unpaired) electrons. The van der Waals surface area contributed by atoms with Crippen molar-refractivity contribution in [3.63, 3.8) is 0 Å². The van der Waals surface area contributed by atoms with Gasteiger partial charge in [-0.05, 0) is 23.8 Å². The lowest BCUT2D eigenvalue weighted by molar-refractivity contribution is -0.137. The van der Waals surface area contributed by atoms with Crippen LogP contribution in [-0.4, -0.2) is 26.8 Å². The van der Waals surface area contributed by atoms with E-state index in [-0.39, 0.29) is 18.9 Å². The Hall–Kier alpha value is -2.70. The molecule has 0 spiro atoms. The molecule has 0 bridgehead atoms. The van der Waals surface area contributed by atoms with Gasteiger partial charge in [0.05, 0.1) is 12.5 Å². The van der Waals surface area contributed by atoms with E-state index in [2.05, 4.69) is 10.4 Å². The fraction of sp³-hybridized carbons (Fsp3) is 0.214. The number of halogens is 1. The van der Waals surface area contributed by atoms with Crippen molar-refractivity contribution in [1.82, 2.24) is 15.1 Å². The lowest BCUT2D eigenvalue weighted by atomic mass is 10.0. The first-order valence-electron chi connectivity index (χ1n) is 6.28. The summed E-state index contributed by atoms with van der Waals surface area (Å²) in [5.41, 5.74) is 0.535. The fourth-order valence-electron chi connectivity index (χ4n) is 1.90. The summed E-state index contributed by atoms with van der Waals surface area (Å²) < 4.78 is 14.3. The Morgan fingerprint density at radius 1 is 1.33 bits per heavy atom. The van der Waals surface area contributed by atoms with Crippen LogP contribution >= 0.6 is 0 Å². The first-order chi connectivity index (χ1) is 10.0. The zero-order valence-corrected chi connectivity index (χ0v) is 11.1. The molecule has 1 heterocycles. The van der Waals surface area contributed by atoms with Gasteiger partial charge in [0.15, 0.2) is 0 Å². The highest BCUT2D eigenvalue weighted by Gasteiger charge is 2.18. The highest BCUT2D eigenvalue weighted by Crippen LogP contribution is 2.17. The monoisotopic (exact) mass is 291 g/mol. The van der Waals surface area contributed by atoms with E-state index in [1.165, 1.54) is 28.9 Å². The average molecular weight is 291 g/mol. The maximum absolute atomic E-state index is 12.9. The number of rotatable bonds is 6. The molecule has 1 amide bonds. The SMILES string of the molecule is O=C(O)C[C@H](NC(=O)Cn1cccn1)c1ccc(F)cc1. The van der Waals surface area contributed by atoms with Crippen LogP contribution in [0.15, 0.2) is 42.7 Å². The number of aliphatic carboxylic acids is 1. The highest BCUT2D eigenvalue weighted by molar-refractivity contribution is 5.77. The summed E-state index contributed by atoms with van der Waals surface area (Å²) in [5.74, 6) is -1.84. The molecule has 0 aliphatic heterocycles. The molecule has 1 atom stereocenters. The minimum Gasteiger partial charge on any atom is -0.481 e. The number of carbonyl (C=O) groups is 2. The lowest BCUT2D eigenvalue weighted by Crippen LogP contribution is -2.33. The van der Waals surface area contributed by atoms with Gasteiger partial charge in [0.1, 0.15) is 12.4 Å².